The third kappa shape index (κ3) is 4.91. The quantitative estimate of drug-likeness (QED) is 0.858. The molecule has 0 radical (unpaired) electrons. The Labute approximate surface area is 138 Å². The minimum atomic E-state index is -0.172. The van der Waals surface area contributed by atoms with Gasteiger partial charge in [0.05, 0.1) is 18.3 Å². The fraction of sp³-hybridized carbons (Fsp3) is 0.647. The fourth-order valence-electron chi connectivity index (χ4n) is 2.89. The van der Waals surface area contributed by atoms with E-state index in [4.69, 9.17) is 5.11 Å². The molecule has 2 rings (SSSR count). The van der Waals surface area contributed by atoms with Gasteiger partial charge in [-0.05, 0) is 31.4 Å². The molecule has 1 aliphatic heterocycles. The van der Waals surface area contributed by atoms with Gasteiger partial charge < -0.3 is 15.3 Å². The van der Waals surface area contributed by atoms with E-state index in [1.807, 2.05) is 31.3 Å². The molecule has 0 spiro atoms. The fourth-order valence-corrected chi connectivity index (χ4v) is 2.89. The molecule has 1 saturated heterocycles. The van der Waals surface area contributed by atoms with E-state index >= 15 is 0 Å². The number of urea groups is 1. The minimum absolute atomic E-state index is 0.0258. The molecule has 1 aromatic heterocycles. The number of amides is 2. The molecule has 3 atom stereocenters. The molecule has 1 aliphatic rings. The lowest BCUT2D eigenvalue weighted by atomic mass is 9.94. The van der Waals surface area contributed by atoms with Crippen LogP contribution in [0.2, 0.25) is 0 Å². The van der Waals surface area contributed by atoms with Crippen molar-refractivity contribution in [1.29, 1.82) is 0 Å². The summed E-state index contributed by atoms with van der Waals surface area (Å²) in [6.07, 6.45) is 2.75. The summed E-state index contributed by atoms with van der Waals surface area (Å²) in [5.41, 5.74) is 1.08. The third-order valence-electron chi connectivity index (χ3n) is 4.66. The van der Waals surface area contributed by atoms with E-state index in [0.717, 1.165) is 31.7 Å². The van der Waals surface area contributed by atoms with Gasteiger partial charge in [-0.25, -0.2) is 4.79 Å². The number of carbonyl (C=O) groups excluding carboxylic acids is 1. The zero-order chi connectivity index (χ0) is 16.8. The Balaban J connectivity index is 1.83. The van der Waals surface area contributed by atoms with Gasteiger partial charge in [0.2, 0.25) is 0 Å². The van der Waals surface area contributed by atoms with Crippen molar-refractivity contribution in [3.8, 4) is 0 Å². The van der Waals surface area contributed by atoms with E-state index in [1.165, 1.54) is 0 Å². The number of aliphatic hydroxyl groups excluding tert-OH is 1. The van der Waals surface area contributed by atoms with E-state index < -0.39 is 0 Å². The summed E-state index contributed by atoms with van der Waals surface area (Å²) in [6.45, 7) is 6.73. The second-order valence-electron chi connectivity index (χ2n) is 6.52. The Hall–Kier alpha value is -1.66. The summed E-state index contributed by atoms with van der Waals surface area (Å²) in [6, 6.07) is 5.88. The van der Waals surface area contributed by atoms with E-state index in [9.17, 15) is 4.79 Å². The summed E-state index contributed by atoms with van der Waals surface area (Å²) >= 11 is 0. The van der Waals surface area contributed by atoms with Crippen LogP contribution in [0.4, 0.5) is 4.79 Å². The smallest absolute Gasteiger partial charge is 0.317 e. The van der Waals surface area contributed by atoms with Crippen LogP contribution in [-0.2, 0) is 6.54 Å². The van der Waals surface area contributed by atoms with Crippen molar-refractivity contribution in [3.05, 3.63) is 30.1 Å². The number of hydrogen-bond acceptors (Lipinski definition) is 4. The van der Waals surface area contributed by atoms with Crippen molar-refractivity contribution in [3.63, 3.8) is 0 Å². The molecule has 0 aromatic carbocycles. The Morgan fingerprint density at radius 1 is 1.57 bits per heavy atom. The zero-order valence-corrected chi connectivity index (χ0v) is 14.3. The Morgan fingerprint density at radius 3 is 2.96 bits per heavy atom. The molecule has 0 aliphatic carbocycles. The maximum atomic E-state index is 12.2. The highest BCUT2D eigenvalue weighted by molar-refractivity contribution is 5.74. The average Bonchev–Trinajstić information content (AvgIpc) is 2.56. The number of nitrogens with zero attached hydrogens (tertiary/aromatic N) is 3. The van der Waals surface area contributed by atoms with Gasteiger partial charge in [-0.3, -0.25) is 9.88 Å². The maximum Gasteiger partial charge on any atom is 0.317 e. The summed E-state index contributed by atoms with van der Waals surface area (Å²) in [5, 5.41) is 12.3. The molecular formula is C17H28N4O2. The van der Waals surface area contributed by atoms with Crippen LogP contribution in [0.5, 0.6) is 0 Å². The first kappa shape index (κ1) is 17.7. The van der Waals surface area contributed by atoms with Crippen LogP contribution in [0.15, 0.2) is 24.4 Å². The number of likely N-dealkylation sites (N-methyl/N-ethyl adjacent to an activating group) is 1. The number of pyridine rings is 1. The average molecular weight is 320 g/mol. The molecule has 3 unspecified atom stereocenters. The number of piperidine rings is 1. The van der Waals surface area contributed by atoms with Gasteiger partial charge in [0.25, 0.3) is 0 Å². The number of aromatic nitrogens is 1. The predicted molar refractivity (Wildman–Crippen MR) is 89.9 cm³/mol. The maximum absolute atomic E-state index is 12.2. The molecule has 2 heterocycles. The number of nitrogens with one attached hydrogen (secondary N) is 1. The zero-order valence-electron chi connectivity index (χ0n) is 14.3. The molecule has 2 N–H and O–H groups in total. The van der Waals surface area contributed by atoms with Crippen LogP contribution in [0.3, 0.4) is 0 Å². The van der Waals surface area contributed by atoms with Crippen LogP contribution in [0.25, 0.3) is 0 Å². The van der Waals surface area contributed by atoms with E-state index in [1.54, 1.807) is 11.9 Å². The third-order valence-corrected chi connectivity index (χ3v) is 4.66. The van der Waals surface area contributed by atoms with Crippen molar-refractivity contribution >= 4 is 6.03 Å². The monoisotopic (exact) mass is 320 g/mol. The largest absolute Gasteiger partial charge is 0.394 e. The van der Waals surface area contributed by atoms with Crippen molar-refractivity contribution < 1.29 is 9.90 Å². The van der Waals surface area contributed by atoms with Crippen LogP contribution in [0.1, 0.15) is 26.0 Å². The van der Waals surface area contributed by atoms with Gasteiger partial charge in [0.1, 0.15) is 0 Å². The highest BCUT2D eigenvalue weighted by atomic mass is 16.3. The topological polar surface area (TPSA) is 68.7 Å². The second-order valence-corrected chi connectivity index (χ2v) is 6.52. The van der Waals surface area contributed by atoms with Gasteiger partial charge in [0, 0.05) is 38.9 Å². The number of hydrogen-bond donors (Lipinski definition) is 2. The Bertz CT molecular complexity index is 497. The number of carbonyl (C=O) groups is 1. The normalized spacial score (nSPS) is 23.3. The first-order valence-electron chi connectivity index (χ1n) is 8.27. The van der Waals surface area contributed by atoms with Gasteiger partial charge in [-0.2, -0.15) is 0 Å². The van der Waals surface area contributed by atoms with E-state index in [2.05, 4.69) is 22.1 Å². The van der Waals surface area contributed by atoms with Crippen LogP contribution in [-0.4, -0.2) is 64.7 Å². The van der Waals surface area contributed by atoms with Gasteiger partial charge in [-0.15, -0.1) is 0 Å². The van der Waals surface area contributed by atoms with Crippen molar-refractivity contribution in [1.82, 2.24) is 20.1 Å². The lowest BCUT2D eigenvalue weighted by Gasteiger charge is -2.38. The minimum Gasteiger partial charge on any atom is -0.394 e. The Kier molecular flexibility index (Phi) is 6.36. The molecule has 6 nitrogen and oxygen atoms in total. The summed E-state index contributed by atoms with van der Waals surface area (Å²) in [4.78, 5) is 20.5. The van der Waals surface area contributed by atoms with Gasteiger partial charge in [0.15, 0.2) is 0 Å². The molecule has 0 saturated carbocycles. The standard InChI is InChI=1S/C17H28N4O2/c1-13-10-21(11-15-6-4-5-8-18-15)9-7-16(13)19-17(23)20(3)14(2)12-22/h4-6,8,13-14,16,22H,7,9-12H2,1-3H3,(H,19,23). The molecule has 23 heavy (non-hydrogen) atoms. The highest BCUT2D eigenvalue weighted by Crippen LogP contribution is 2.18. The molecule has 1 fully saturated rings. The van der Waals surface area contributed by atoms with E-state index in [-0.39, 0.29) is 24.7 Å². The molecule has 2 amide bonds. The summed E-state index contributed by atoms with van der Waals surface area (Å²) < 4.78 is 0. The van der Waals surface area contributed by atoms with Crippen LogP contribution >= 0.6 is 0 Å². The van der Waals surface area contributed by atoms with Gasteiger partial charge in [-0.1, -0.05) is 13.0 Å². The van der Waals surface area contributed by atoms with Crippen molar-refractivity contribution in [2.75, 3.05) is 26.7 Å². The first-order chi connectivity index (χ1) is 11.0. The number of likely N-dealkylation sites (tertiary alicyclic amines) is 1. The SMILES string of the molecule is CC1CN(Cc2ccccn2)CCC1NC(=O)N(C)C(C)CO. The lowest BCUT2D eigenvalue weighted by molar-refractivity contribution is 0.124. The van der Waals surface area contributed by atoms with Gasteiger partial charge >= 0.3 is 6.03 Å². The molecule has 128 valence electrons. The second kappa shape index (κ2) is 8.26. The lowest BCUT2D eigenvalue weighted by Crippen LogP contribution is -2.54. The Morgan fingerprint density at radius 2 is 2.35 bits per heavy atom. The number of rotatable bonds is 5. The highest BCUT2D eigenvalue weighted by Gasteiger charge is 2.28. The van der Waals surface area contributed by atoms with Crippen molar-refractivity contribution in [2.45, 2.75) is 38.9 Å². The molecule has 6 heteroatoms. The summed E-state index contributed by atoms with van der Waals surface area (Å²) in [7, 11) is 1.72. The number of aliphatic hydroxyl groups is 1. The predicted octanol–water partition coefficient (Wildman–Crippen LogP) is 1.31. The van der Waals surface area contributed by atoms with E-state index in [0.29, 0.717) is 5.92 Å². The molecule has 0 bridgehead atoms. The molecule has 1 aromatic rings. The molecular weight excluding hydrogens is 292 g/mol. The van der Waals surface area contributed by atoms with Crippen LogP contribution in [0, 0.1) is 5.92 Å². The van der Waals surface area contributed by atoms with Crippen molar-refractivity contribution in [2.24, 2.45) is 5.92 Å². The van der Waals surface area contributed by atoms with Crippen LogP contribution < -0.4 is 5.32 Å². The summed E-state index contributed by atoms with van der Waals surface area (Å²) in [5.74, 6) is 0.384. The first-order valence-corrected chi connectivity index (χ1v) is 8.27.